The van der Waals surface area contributed by atoms with Gasteiger partial charge >= 0.3 is 0 Å². The summed E-state index contributed by atoms with van der Waals surface area (Å²) in [4.78, 5) is 40.5. The molecule has 3 heterocycles. The predicted molar refractivity (Wildman–Crippen MR) is 130 cm³/mol. The molecule has 0 saturated carbocycles. The number of halogens is 1. The van der Waals surface area contributed by atoms with Crippen LogP contribution in [0.4, 0.5) is 0 Å². The quantitative estimate of drug-likeness (QED) is 0.626. The van der Waals surface area contributed by atoms with Gasteiger partial charge in [0.1, 0.15) is 12.1 Å². The van der Waals surface area contributed by atoms with Gasteiger partial charge in [-0.05, 0) is 45.0 Å². The van der Waals surface area contributed by atoms with Crippen LogP contribution in [0.15, 0.2) is 36.8 Å². The Labute approximate surface area is 205 Å². The van der Waals surface area contributed by atoms with Crippen LogP contribution in [0.25, 0.3) is 0 Å². The molecule has 8 nitrogen and oxygen atoms in total. The van der Waals surface area contributed by atoms with E-state index >= 15 is 0 Å². The Bertz CT molecular complexity index is 1020. The number of carbonyl (C=O) groups excluding carboxylic acids is 2. The number of ether oxygens (including phenoxy) is 1. The molecule has 2 amide bonds. The first kappa shape index (κ1) is 24.4. The van der Waals surface area contributed by atoms with Gasteiger partial charge in [0, 0.05) is 62.3 Å². The maximum absolute atomic E-state index is 13.3. The largest absolute Gasteiger partial charge is 0.493 e. The molecule has 9 heteroatoms. The molecule has 2 aliphatic heterocycles. The molecule has 2 saturated heterocycles. The zero-order valence-electron chi connectivity index (χ0n) is 19.9. The summed E-state index contributed by atoms with van der Waals surface area (Å²) in [5.41, 5.74) is 0.854. The molecule has 4 rings (SSSR count). The summed E-state index contributed by atoms with van der Waals surface area (Å²) < 4.78 is 6.15. The van der Waals surface area contributed by atoms with E-state index in [1.54, 1.807) is 18.3 Å². The lowest BCUT2D eigenvalue weighted by atomic mass is 9.75. The van der Waals surface area contributed by atoms with Crippen molar-refractivity contribution >= 4 is 23.4 Å². The van der Waals surface area contributed by atoms with Crippen molar-refractivity contribution in [3.63, 3.8) is 0 Å². The average Bonchev–Trinajstić information content (AvgIpc) is 2.84. The summed E-state index contributed by atoms with van der Waals surface area (Å²) >= 11 is 6.12. The van der Waals surface area contributed by atoms with E-state index < -0.39 is 0 Å². The molecular weight excluding hydrogens is 454 g/mol. The molecular formula is C25H32ClN5O3. The third-order valence-corrected chi connectivity index (χ3v) is 7.21. The third-order valence-electron chi connectivity index (χ3n) is 6.98. The lowest BCUT2D eigenvalue weighted by molar-refractivity contribution is -0.136. The molecule has 0 bridgehead atoms. The van der Waals surface area contributed by atoms with Gasteiger partial charge < -0.3 is 19.4 Å². The van der Waals surface area contributed by atoms with Crippen LogP contribution in [0, 0.1) is 12.3 Å². The van der Waals surface area contributed by atoms with Crippen LogP contribution in [-0.2, 0) is 4.79 Å². The number of rotatable bonds is 6. The van der Waals surface area contributed by atoms with Gasteiger partial charge in [0.25, 0.3) is 5.91 Å². The number of aromatic nitrogens is 2. The number of nitrogens with zero attached hydrogens (tertiary/aromatic N) is 5. The Morgan fingerprint density at radius 3 is 2.50 bits per heavy atom. The molecule has 182 valence electrons. The van der Waals surface area contributed by atoms with Crippen molar-refractivity contribution in [1.82, 2.24) is 24.7 Å². The van der Waals surface area contributed by atoms with Crippen LogP contribution in [-0.4, -0.2) is 89.4 Å². The highest BCUT2D eigenvalue weighted by molar-refractivity contribution is 6.30. The minimum atomic E-state index is -0.345. The third kappa shape index (κ3) is 5.85. The minimum absolute atomic E-state index is 0.0622. The number of carbonyl (C=O) groups is 2. The van der Waals surface area contributed by atoms with Gasteiger partial charge in [0.2, 0.25) is 5.91 Å². The molecule has 2 aromatic rings. The van der Waals surface area contributed by atoms with Gasteiger partial charge in [-0.3, -0.25) is 9.59 Å². The Hall–Kier alpha value is -2.71. The van der Waals surface area contributed by atoms with Crippen LogP contribution in [0.1, 0.15) is 35.3 Å². The maximum atomic E-state index is 13.3. The topological polar surface area (TPSA) is 78.9 Å². The first-order chi connectivity index (χ1) is 16.3. The Morgan fingerprint density at radius 1 is 1.09 bits per heavy atom. The smallest absolute Gasteiger partial charge is 0.257 e. The van der Waals surface area contributed by atoms with Crippen LogP contribution in [0.5, 0.6) is 5.75 Å². The molecule has 1 aromatic heterocycles. The second-order valence-corrected chi connectivity index (χ2v) is 9.86. The highest BCUT2D eigenvalue weighted by Crippen LogP contribution is 2.37. The first-order valence-corrected chi connectivity index (χ1v) is 12.1. The molecule has 1 aromatic carbocycles. The molecule has 0 unspecified atom stereocenters. The summed E-state index contributed by atoms with van der Waals surface area (Å²) in [5.74, 6) is 0.789. The maximum Gasteiger partial charge on any atom is 0.257 e. The monoisotopic (exact) mass is 485 g/mol. The number of likely N-dealkylation sites (tertiary alicyclic amines) is 1. The Balaban J connectivity index is 1.46. The number of piperidine rings is 1. The fourth-order valence-electron chi connectivity index (χ4n) is 4.61. The standard InChI is InChI=1S/C25H32ClN5O3/c1-19-22(16-27-18-28-19)24(33)31-8-6-25(7-9-31,17-34-21-5-3-4-20(26)14-21)15-23(32)30-12-10-29(2)11-13-30/h3-5,14,16,18H,6-13,15,17H2,1-2H3. The van der Waals surface area contributed by atoms with Gasteiger partial charge in [0.15, 0.2) is 0 Å². The van der Waals surface area contributed by atoms with Gasteiger partial charge in [-0.15, -0.1) is 0 Å². The average molecular weight is 486 g/mol. The van der Waals surface area contributed by atoms with Crippen molar-refractivity contribution in [3.8, 4) is 5.75 Å². The van der Waals surface area contributed by atoms with Gasteiger partial charge in [-0.2, -0.15) is 0 Å². The van der Waals surface area contributed by atoms with Crippen molar-refractivity contribution in [2.75, 3.05) is 52.9 Å². The lowest BCUT2D eigenvalue weighted by Crippen LogP contribution is -2.51. The van der Waals surface area contributed by atoms with Crippen LogP contribution in [0.3, 0.4) is 0 Å². The van der Waals surface area contributed by atoms with Gasteiger partial charge in [-0.25, -0.2) is 9.97 Å². The van der Waals surface area contributed by atoms with Gasteiger partial charge in [-0.1, -0.05) is 17.7 Å². The van der Waals surface area contributed by atoms with E-state index in [0.717, 1.165) is 26.2 Å². The highest BCUT2D eigenvalue weighted by Gasteiger charge is 2.40. The van der Waals surface area contributed by atoms with Crippen LogP contribution >= 0.6 is 11.6 Å². The van der Waals surface area contributed by atoms with E-state index in [0.29, 0.717) is 61.0 Å². The van der Waals surface area contributed by atoms with Gasteiger partial charge in [0.05, 0.1) is 17.9 Å². The fraction of sp³-hybridized carbons (Fsp3) is 0.520. The Kier molecular flexibility index (Phi) is 7.68. The van der Waals surface area contributed by atoms with Crippen LogP contribution < -0.4 is 4.74 Å². The van der Waals surface area contributed by atoms with E-state index in [1.807, 2.05) is 28.9 Å². The molecule has 0 radical (unpaired) electrons. The van der Waals surface area contributed by atoms with E-state index in [4.69, 9.17) is 16.3 Å². The summed E-state index contributed by atoms with van der Waals surface area (Å²) in [6, 6.07) is 7.32. The molecule has 2 fully saturated rings. The number of benzene rings is 1. The zero-order chi connectivity index (χ0) is 24.1. The van der Waals surface area contributed by atoms with E-state index in [-0.39, 0.29) is 17.2 Å². The van der Waals surface area contributed by atoms with Crippen molar-refractivity contribution in [2.45, 2.75) is 26.2 Å². The Morgan fingerprint density at radius 2 is 1.82 bits per heavy atom. The van der Waals surface area contributed by atoms with Crippen molar-refractivity contribution < 1.29 is 14.3 Å². The highest BCUT2D eigenvalue weighted by atomic mass is 35.5. The number of likely N-dealkylation sites (N-methyl/N-ethyl adjacent to an activating group) is 1. The van der Waals surface area contributed by atoms with Crippen molar-refractivity contribution in [2.24, 2.45) is 5.41 Å². The molecule has 0 atom stereocenters. The van der Waals surface area contributed by atoms with Crippen molar-refractivity contribution in [1.29, 1.82) is 0 Å². The second-order valence-electron chi connectivity index (χ2n) is 9.42. The normalized spacial score (nSPS) is 18.6. The summed E-state index contributed by atoms with van der Waals surface area (Å²) in [6.45, 7) is 6.61. The van der Waals surface area contributed by atoms with E-state index in [1.165, 1.54) is 6.33 Å². The molecule has 0 N–H and O–H groups in total. The number of amides is 2. The van der Waals surface area contributed by atoms with Crippen molar-refractivity contribution in [3.05, 3.63) is 53.1 Å². The SMILES string of the molecule is Cc1ncncc1C(=O)N1CCC(COc2cccc(Cl)c2)(CC(=O)N2CCN(C)CC2)CC1. The number of hydrogen-bond donors (Lipinski definition) is 0. The molecule has 34 heavy (non-hydrogen) atoms. The summed E-state index contributed by atoms with van der Waals surface area (Å²) in [7, 11) is 2.08. The lowest BCUT2D eigenvalue weighted by Gasteiger charge is -2.42. The summed E-state index contributed by atoms with van der Waals surface area (Å²) in [6.07, 6.45) is 4.81. The zero-order valence-corrected chi connectivity index (χ0v) is 20.6. The van der Waals surface area contributed by atoms with E-state index in [9.17, 15) is 9.59 Å². The fourth-order valence-corrected chi connectivity index (χ4v) is 4.79. The molecule has 2 aliphatic rings. The summed E-state index contributed by atoms with van der Waals surface area (Å²) in [5, 5.41) is 0.612. The first-order valence-electron chi connectivity index (χ1n) is 11.8. The second kappa shape index (κ2) is 10.7. The molecule has 0 spiro atoms. The number of aryl methyl sites for hydroxylation is 1. The number of hydrogen-bond acceptors (Lipinski definition) is 6. The van der Waals surface area contributed by atoms with E-state index in [2.05, 4.69) is 21.9 Å². The number of piperazine rings is 1. The molecule has 0 aliphatic carbocycles. The van der Waals surface area contributed by atoms with Crippen LogP contribution in [0.2, 0.25) is 5.02 Å². The minimum Gasteiger partial charge on any atom is -0.493 e. The predicted octanol–water partition coefficient (Wildman–Crippen LogP) is 2.90.